The molecule has 2 aromatic rings. The van der Waals surface area contributed by atoms with E-state index in [2.05, 4.69) is 49.9 Å². The maximum atomic E-state index is 9.82. The number of benzene rings is 2. The first-order chi connectivity index (χ1) is 13.1. The minimum atomic E-state index is 0.195. The molecule has 3 rings (SSSR count). The summed E-state index contributed by atoms with van der Waals surface area (Å²) in [5.41, 5.74) is 4.16. The van der Waals surface area contributed by atoms with Crippen LogP contribution in [0.15, 0.2) is 72.2 Å². The predicted octanol–water partition coefficient (Wildman–Crippen LogP) is 6.49. The second-order valence-corrected chi connectivity index (χ2v) is 7.38. The van der Waals surface area contributed by atoms with Crippen LogP contribution in [0.3, 0.4) is 0 Å². The van der Waals surface area contributed by atoms with Crippen molar-refractivity contribution in [3.8, 4) is 5.75 Å². The topological polar surface area (TPSA) is 32.6 Å². The molecule has 1 aliphatic carbocycles. The number of phenolic OH excluding ortho intramolecular Hbond substituents is 1. The average molecular weight is 364 g/mol. The summed E-state index contributed by atoms with van der Waals surface area (Å²) < 4.78 is 0. The van der Waals surface area contributed by atoms with Crippen LogP contribution in [-0.4, -0.2) is 17.4 Å². The Kier molecular flexibility index (Phi) is 8.32. The molecule has 0 aliphatic heterocycles. The van der Waals surface area contributed by atoms with Crippen LogP contribution in [0, 0.1) is 0 Å². The van der Waals surface area contributed by atoms with E-state index >= 15 is 0 Å². The Balaban J connectivity index is 0.000000817. The van der Waals surface area contributed by atoms with Crippen molar-refractivity contribution in [2.45, 2.75) is 57.8 Å². The van der Waals surface area contributed by atoms with Crippen molar-refractivity contribution in [1.29, 1.82) is 0 Å². The lowest BCUT2D eigenvalue weighted by molar-refractivity contribution is 0.352. The van der Waals surface area contributed by atoms with Gasteiger partial charge in [-0.2, -0.15) is 0 Å². The lowest BCUT2D eigenvalue weighted by Crippen LogP contribution is -2.42. The third-order valence-corrected chi connectivity index (χ3v) is 5.13. The Bertz CT molecular complexity index is 725. The number of nitrogens with zero attached hydrogens (tertiary/aromatic N) is 1. The smallest absolute Gasteiger partial charge is 0.115 e. The van der Waals surface area contributed by atoms with Crippen LogP contribution in [0.25, 0.3) is 0 Å². The zero-order valence-electron chi connectivity index (χ0n) is 16.8. The molecule has 1 fully saturated rings. The first-order valence-corrected chi connectivity index (χ1v) is 10.1. The number of aliphatic imine (C=N–C) groups is 1. The van der Waals surface area contributed by atoms with E-state index in [4.69, 9.17) is 4.99 Å². The van der Waals surface area contributed by atoms with Gasteiger partial charge < -0.3 is 5.11 Å². The quantitative estimate of drug-likeness (QED) is 0.560. The summed E-state index contributed by atoms with van der Waals surface area (Å²) >= 11 is 0. The highest BCUT2D eigenvalue weighted by Gasteiger charge is 2.42. The number of rotatable bonds is 7. The Labute approximate surface area is 164 Å². The highest BCUT2D eigenvalue weighted by Crippen LogP contribution is 2.46. The fourth-order valence-electron chi connectivity index (χ4n) is 3.71. The van der Waals surface area contributed by atoms with Gasteiger partial charge in [-0.15, -0.1) is 6.58 Å². The van der Waals surface area contributed by atoms with E-state index in [9.17, 15) is 5.11 Å². The largest absolute Gasteiger partial charge is 0.508 e. The number of unbranched alkanes of at least 4 members (excludes halogenated alkanes) is 1. The first kappa shape index (κ1) is 21.0. The van der Waals surface area contributed by atoms with Crippen LogP contribution < -0.4 is 0 Å². The summed E-state index contributed by atoms with van der Waals surface area (Å²) in [6.07, 6.45) is 8.48. The van der Waals surface area contributed by atoms with Gasteiger partial charge >= 0.3 is 0 Å². The zero-order valence-corrected chi connectivity index (χ0v) is 16.8. The molecule has 2 nitrogen and oxygen atoms in total. The van der Waals surface area contributed by atoms with Gasteiger partial charge in [0.05, 0.1) is 0 Å². The van der Waals surface area contributed by atoms with Crippen molar-refractivity contribution in [1.82, 2.24) is 0 Å². The standard InChI is InChI=1S/C22H27NO.C3H6/c1-2-3-13-22(19-10-7-11-21(24)15-19)16-20(17-22)23-14-12-18-8-5-4-6-9-18;1-3-2/h4-11,15,24H,2-3,12-14,16-17H2,1H3;3H,1H2,2H3. The molecule has 0 unspecified atom stereocenters. The van der Waals surface area contributed by atoms with Crippen LogP contribution in [0.2, 0.25) is 0 Å². The number of aromatic hydroxyl groups is 1. The fourth-order valence-corrected chi connectivity index (χ4v) is 3.71. The summed E-state index contributed by atoms with van der Waals surface area (Å²) in [4.78, 5) is 4.83. The molecule has 0 saturated heterocycles. The summed E-state index contributed by atoms with van der Waals surface area (Å²) in [5.74, 6) is 0.373. The molecule has 144 valence electrons. The highest BCUT2D eigenvalue weighted by atomic mass is 16.3. The summed E-state index contributed by atoms with van der Waals surface area (Å²) in [6, 6.07) is 18.4. The van der Waals surface area contributed by atoms with Crippen LogP contribution >= 0.6 is 0 Å². The van der Waals surface area contributed by atoms with E-state index in [1.165, 1.54) is 36.1 Å². The highest BCUT2D eigenvalue weighted by molar-refractivity contribution is 5.93. The minimum absolute atomic E-state index is 0.195. The van der Waals surface area contributed by atoms with Crippen molar-refractivity contribution in [3.63, 3.8) is 0 Å². The molecular formula is C25H33NO. The van der Waals surface area contributed by atoms with Gasteiger partial charge in [-0.1, -0.05) is 68.3 Å². The van der Waals surface area contributed by atoms with E-state index in [0.717, 1.165) is 25.8 Å². The molecule has 2 heteroatoms. The van der Waals surface area contributed by atoms with E-state index in [-0.39, 0.29) is 5.41 Å². The van der Waals surface area contributed by atoms with Gasteiger partial charge in [0.25, 0.3) is 0 Å². The normalized spacial score (nSPS) is 18.1. The third-order valence-electron chi connectivity index (χ3n) is 5.13. The van der Waals surface area contributed by atoms with Crippen molar-refractivity contribution in [2.75, 3.05) is 6.54 Å². The maximum Gasteiger partial charge on any atom is 0.115 e. The van der Waals surface area contributed by atoms with E-state index in [0.29, 0.717) is 5.75 Å². The van der Waals surface area contributed by atoms with Gasteiger partial charge in [0, 0.05) is 17.7 Å². The van der Waals surface area contributed by atoms with Crippen molar-refractivity contribution >= 4 is 5.71 Å². The molecular weight excluding hydrogens is 330 g/mol. The molecule has 27 heavy (non-hydrogen) atoms. The Morgan fingerprint density at radius 1 is 1.11 bits per heavy atom. The number of hydrogen-bond donors (Lipinski definition) is 1. The van der Waals surface area contributed by atoms with Crippen LogP contribution in [-0.2, 0) is 11.8 Å². The van der Waals surface area contributed by atoms with Gasteiger partial charge in [-0.3, -0.25) is 4.99 Å². The number of allylic oxidation sites excluding steroid dienone is 1. The SMILES string of the molecule is C=CC.CCCCC1(c2cccc(O)c2)CC(=NCCc2ccccc2)C1. The fraction of sp³-hybridized carbons (Fsp3) is 0.400. The lowest BCUT2D eigenvalue weighted by atomic mass is 9.60. The molecule has 0 bridgehead atoms. The summed E-state index contributed by atoms with van der Waals surface area (Å²) in [7, 11) is 0. The maximum absolute atomic E-state index is 9.82. The molecule has 0 radical (unpaired) electrons. The second kappa shape index (κ2) is 10.7. The van der Waals surface area contributed by atoms with Crippen LogP contribution in [0.5, 0.6) is 5.75 Å². The first-order valence-electron chi connectivity index (χ1n) is 10.1. The van der Waals surface area contributed by atoms with Crippen molar-refractivity contribution < 1.29 is 5.11 Å². The monoisotopic (exact) mass is 363 g/mol. The number of phenols is 1. The van der Waals surface area contributed by atoms with E-state index in [1.54, 1.807) is 12.1 Å². The summed E-state index contributed by atoms with van der Waals surface area (Å²) in [6.45, 7) is 8.37. The lowest BCUT2D eigenvalue weighted by Gasteiger charge is -2.44. The van der Waals surface area contributed by atoms with Crippen LogP contribution in [0.1, 0.15) is 57.1 Å². The van der Waals surface area contributed by atoms with E-state index in [1.807, 2.05) is 19.1 Å². The molecule has 0 spiro atoms. The Morgan fingerprint density at radius 2 is 1.81 bits per heavy atom. The van der Waals surface area contributed by atoms with Crippen molar-refractivity contribution in [3.05, 3.63) is 78.4 Å². The third kappa shape index (κ3) is 6.09. The Hall–Kier alpha value is -2.35. The minimum Gasteiger partial charge on any atom is -0.508 e. The molecule has 2 aromatic carbocycles. The molecule has 0 amide bonds. The van der Waals surface area contributed by atoms with Gasteiger partial charge in [0.1, 0.15) is 5.75 Å². The van der Waals surface area contributed by atoms with Gasteiger partial charge in [0.15, 0.2) is 0 Å². The van der Waals surface area contributed by atoms with Crippen molar-refractivity contribution in [2.24, 2.45) is 4.99 Å². The molecule has 0 aromatic heterocycles. The van der Waals surface area contributed by atoms with E-state index < -0.39 is 0 Å². The average Bonchev–Trinajstić information content (AvgIpc) is 2.64. The summed E-state index contributed by atoms with van der Waals surface area (Å²) in [5, 5.41) is 9.82. The molecule has 0 atom stereocenters. The van der Waals surface area contributed by atoms with Gasteiger partial charge in [-0.25, -0.2) is 0 Å². The molecule has 1 aliphatic rings. The molecule has 0 heterocycles. The zero-order chi connectivity index (χ0) is 19.5. The van der Waals surface area contributed by atoms with Gasteiger partial charge in [-0.05, 0) is 55.9 Å². The van der Waals surface area contributed by atoms with Crippen LogP contribution in [0.4, 0.5) is 0 Å². The molecule has 1 saturated carbocycles. The van der Waals surface area contributed by atoms with Gasteiger partial charge in [0.2, 0.25) is 0 Å². The number of hydrogen-bond acceptors (Lipinski definition) is 2. The second-order valence-electron chi connectivity index (χ2n) is 7.38. The Morgan fingerprint density at radius 3 is 2.44 bits per heavy atom. The molecule has 1 N–H and O–H groups in total. The predicted molar refractivity (Wildman–Crippen MR) is 117 cm³/mol.